The zero-order valence-electron chi connectivity index (χ0n) is 12.9. The Kier molecular flexibility index (Phi) is 12.9. The highest BCUT2D eigenvalue weighted by atomic mass is 15.1. The van der Waals surface area contributed by atoms with Crippen LogP contribution in [-0.2, 0) is 0 Å². The maximum Gasteiger partial charge on any atom is 0.0157 e. The molecule has 2 heteroatoms. The molecule has 0 aromatic heterocycles. The van der Waals surface area contributed by atoms with Crippen LogP contribution in [0.5, 0.6) is 0 Å². The summed E-state index contributed by atoms with van der Waals surface area (Å²) < 4.78 is 0. The second-order valence-corrected chi connectivity index (χ2v) is 5.09. The van der Waals surface area contributed by atoms with Crippen LogP contribution >= 0.6 is 0 Å². The molecule has 0 radical (unpaired) electrons. The highest BCUT2D eigenvalue weighted by Crippen LogP contribution is 2.19. The van der Waals surface area contributed by atoms with Crippen LogP contribution in [0.4, 0.5) is 0 Å². The molecule has 18 heavy (non-hydrogen) atoms. The van der Waals surface area contributed by atoms with Crippen molar-refractivity contribution in [3.8, 4) is 0 Å². The maximum absolute atomic E-state index is 3.76. The summed E-state index contributed by atoms with van der Waals surface area (Å²) >= 11 is 0. The molecular formula is C16H34N2. The lowest BCUT2D eigenvalue weighted by Gasteiger charge is -2.22. The van der Waals surface area contributed by atoms with E-state index in [1.54, 1.807) is 0 Å². The molecule has 2 nitrogen and oxygen atoms in total. The van der Waals surface area contributed by atoms with Gasteiger partial charge in [-0.05, 0) is 51.9 Å². The molecule has 1 fully saturated rings. The van der Waals surface area contributed by atoms with Crippen molar-refractivity contribution in [2.45, 2.75) is 52.4 Å². The lowest BCUT2D eigenvalue weighted by molar-refractivity contribution is 0.327. The average Bonchev–Trinajstić information content (AvgIpc) is 2.42. The van der Waals surface area contributed by atoms with Crippen molar-refractivity contribution in [1.29, 1.82) is 0 Å². The van der Waals surface area contributed by atoms with Crippen molar-refractivity contribution in [3.05, 3.63) is 12.7 Å². The monoisotopic (exact) mass is 254 g/mol. The van der Waals surface area contributed by atoms with Gasteiger partial charge in [0, 0.05) is 6.54 Å². The van der Waals surface area contributed by atoms with Gasteiger partial charge in [0.25, 0.3) is 0 Å². The van der Waals surface area contributed by atoms with Crippen LogP contribution in [0.25, 0.3) is 0 Å². The Morgan fingerprint density at radius 2 is 1.83 bits per heavy atom. The third-order valence-corrected chi connectivity index (χ3v) is 3.55. The zero-order chi connectivity index (χ0) is 13.6. The molecule has 0 aliphatic carbocycles. The van der Waals surface area contributed by atoms with E-state index >= 15 is 0 Å². The van der Waals surface area contributed by atoms with Crippen LogP contribution in [0.1, 0.15) is 52.4 Å². The third-order valence-electron chi connectivity index (χ3n) is 3.55. The molecule has 0 aromatic rings. The van der Waals surface area contributed by atoms with Gasteiger partial charge in [-0.1, -0.05) is 39.2 Å². The van der Waals surface area contributed by atoms with E-state index < -0.39 is 0 Å². The van der Waals surface area contributed by atoms with Gasteiger partial charge < -0.3 is 10.2 Å². The first-order valence-electron chi connectivity index (χ1n) is 7.83. The Morgan fingerprint density at radius 1 is 1.17 bits per heavy atom. The van der Waals surface area contributed by atoms with E-state index in [9.17, 15) is 0 Å². The second kappa shape index (κ2) is 13.1. The van der Waals surface area contributed by atoms with E-state index in [-0.39, 0.29) is 0 Å². The average molecular weight is 254 g/mol. The largest absolute Gasteiger partial charge is 0.317 e. The first kappa shape index (κ1) is 17.7. The van der Waals surface area contributed by atoms with Crippen LogP contribution in [0, 0.1) is 5.92 Å². The molecule has 1 aliphatic rings. The van der Waals surface area contributed by atoms with Crippen LogP contribution in [0.2, 0.25) is 0 Å². The maximum atomic E-state index is 3.76. The molecule has 1 heterocycles. The fourth-order valence-electron chi connectivity index (χ4n) is 2.47. The third kappa shape index (κ3) is 9.67. The SMILES string of the molecule is C=CCN(C)CCCCCC1CCNCC1.CC. The molecule has 1 rings (SSSR count). The number of unbranched alkanes of at least 4 members (excludes halogenated alkanes) is 2. The van der Waals surface area contributed by atoms with Crippen molar-refractivity contribution in [2.24, 2.45) is 5.92 Å². The molecule has 0 amide bonds. The summed E-state index contributed by atoms with van der Waals surface area (Å²) in [5.74, 6) is 1.01. The predicted molar refractivity (Wildman–Crippen MR) is 83.1 cm³/mol. The molecule has 108 valence electrons. The molecule has 0 spiro atoms. The van der Waals surface area contributed by atoms with Gasteiger partial charge in [-0.15, -0.1) is 6.58 Å². The predicted octanol–water partition coefficient (Wildman–Crippen LogP) is 3.69. The molecular weight excluding hydrogens is 220 g/mol. The molecule has 0 unspecified atom stereocenters. The van der Waals surface area contributed by atoms with Gasteiger partial charge in [-0.2, -0.15) is 0 Å². The summed E-state index contributed by atoms with van der Waals surface area (Å²) in [6.07, 6.45) is 10.4. The number of rotatable bonds is 8. The van der Waals surface area contributed by atoms with E-state index in [2.05, 4.69) is 23.8 Å². The Bertz CT molecular complexity index is 174. The summed E-state index contributed by atoms with van der Waals surface area (Å²) in [6.45, 7) is 12.5. The Hall–Kier alpha value is -0.340. The first-order valence-corrected chi connectivity index (χ1v) is 7.83. The Morgan fingerprint density at radius 3 is 2.44 bits per heavy atom. The zero-order valence-corrected chi connectivity index (χ0v) is 12.9. The molecule has 1 aliphatic heterocycles. The number of nitrogens with one attached hydrogen (secondary N) is 1. The minimum atomic E-state index is 1.01. The van der Waals surface area contributed by atoms with Crippen LogP contribution in [0.15, 0.2) is 12.7 Å². The van der Waals surface area contributed by atoms with E-state index in [4.69, 9.17) is 0 Å². The second-order valence-electron chi connectivity index (χ2n) is 5.09. The topological polar surface area (TPSA) is 15.3 Å². The Balaban J connectivity index is 0.00000137. The van der Waals surface area contributed by atoms with Gasteiger partial charge in [-0.3, -0.25) is 0 Å². The number of nitrogens with zero attached hydrogens (tertiary/aromatic N) is 1. The minimum absolute atomic E-state index is 1.01. The van der Waals surface area contributed by atoms with Gasteiger partial charge in [0.1, 0.15) is 0 Å². The van der Waals surface area contributed by atoms with Crippen LogP contribution < -0.4 is 5.32 Å². The van der Waals surface area contributed by atoms with Crippen molar-refractivity contribution >= 4 is 0 Å². The standard InChI is InChI=1S/C14H28N2.C2H6/c1-3-12-16(2)13-6-4-5-7-14-8-10-15-11-9-14;1-2/h3,14-15H,1,4-13H2,2H3;1-2H3. The van der Waals surface area contributed by atoms with Crippen LogP contribution in [0.3, 0.4) is 0 Å². The van der Waals surface area contributed by atoms with Crippen molar-refractivity contribution in [1.82, 2.24) is 10.2 Å². The number of hydrogen-bond acceptors (Lipinski definition) is 2. The summed E-state index contributed by atoms with van der Waals surface area (Å²) in [4.78, 5) is 2.34. The lowest BCUT2D eigenvalue weighted by Crippen LogP contribution is -2.27. The van der Waals surface area contributed by atoms with E-state index in [0.29, 0.717) is 0 Å². The quantitative estimate of drug-likeness (QED) is 0.525. The molecule has 1 N–H and O–H groups in total. The van der Waals surface area contributed by atoms with Gasteiger partial charge in [0.05, 0.1) is 0 Å². The smallest absolute Gasteiger partial charge is 0.0157 e. The normalized spacial score (nSPS) is 16.2. The van der Waals surface area contributed by atoms with Crippen molar-refractivity contribution in [2.75, 3.05) is 33.2 Å². The fourth-order valence-corrected chi connectivity index (χ4v) is 2.47. The van der Waals surface area contributed by atoms with E-state index in [0.717, 1.165) is 12.5 Å². The highest BCUT2D eigenvalue weighted by Gasteiger charge is 2.11. The van der Waals surface area contributed by atoms with E-state index in [1.807, 2.05) is 19.9 Å². The summed E-state index contributed by atoms with van der Waals surface area (Å²) in [7, 11) is 2.18. The molecule has 0 atom stereocenters. The molecule has 0 saturated carbocycles. The fraction of sp³-hybridized carbons (Fsp3) is 0.875. The summed E-state index contributed by atoms with van der Waals surface area (Å²) in [5, 5.41) is 3.43. The van der Waals surface area contributed by atoms with Gasteiger partial charge in [0.15, 0.2) is 0 Å². The van der Waals surface area contributed by atoms with Gasteiger partial charge in [-0.25, -0.2) is 0 Å². The van der Waals surface area contributed by atoms with E-state index in [1.165, 1.54) is 58.2 Å². The summed E-state index contributed by atoms with van der Waals surface area (Å²) in [5.41, 5.74) is 0. The molecule has 0 bridgehead atoms. The summed E-state index contributed by atoms with van der Waals surface area (Å²) in [6, 6.07) is 0. The Labute approximate surface area is 115 Å². The molecule has 1 saturated heterocycles. The minimum Gasteiger partial charge on any atom is -0.317 e. The van der Waals surface area contributed by atoms with Crippen molar-refractivity contribution in [3.63, 3.8) is 0 Å². The number of likely N-dealkylation sites (N-methyl/N-ethyl adjacent to an activating group) is 1. The van der Waals surface area contributed by atoms with Gasteiger partial charge in [0.2, 0.25) is 0 Å². The number of piperidine rings is 1. The number of hydrogen-bond donors (Lipinski definition) is 1. The highest BCUT2D eigenvalue weighted by molar-refractivity contribution is 4.71. The van der Waals surface area contributed by atoms with Crippen molar-refractivity contribution < 1.29 is 0 Å². The lowest BCUT2D eigenvalue weighted by atomic mass is 9.92. The molecule has 0 aromatic carbocycles. The van der Waals surface area contributed by atoms with Crippen LogP contribution in [-0.4, -0.2) is 38.1 Å². The first-order chi connectivity index (χ1) is 8.83. The van der Waals surface area contributed by atoms with Gasteiger partial charge >= 0.3 is 0 Å².